The molecule has 1 unspecified atom stereocenters. The lowest BCUT2D eigenvalue weighted by Gasteiger charge is -2.21. The Balaban J connectivity index is 2.26. The van der Waals surface area contributed by atoms with E-state index in [4.69, 9.17) is 0 Å². The van der Waals surface area contributed by atoms with E-state index in [0.717, 1.165) is 42.9 Å². The van der Waals surface area contributed by atoms with Gasteiger partial charge in [-0.25, -0.2) is 9.37 Å². The predicted octanol–water partition coefficient (Wildman–Crippen LogP) is 3.63. The summed E-state index contributed by atoms with van der Waals surface area (Å²) in [6, 6.07) is 5.08. The molecule has 0 radical (unpaired) electrons. The van der Waals surface area contributed by atoms with E-state index in [1.54, 1.807) is 6.07 Å². The number of nitrogens with one attached hydrogen (secondary N) is 1. The number of hydrogen-bond acceptors (Lipinski definition) is 2. The molecule has 0 aliphatic carbocycles. The number of hydrogen-bond donors (Lipinski definition) is 1. The van der Waals surface area contributed by atoms with Gasteiger partial charge in [0.15, 0.2) is 0 Å². The molecule has 0 saturated carbocycles. The Labute approximate surface area is 126 Å². The van der Waals surface area contributed by atoms with Crippen LogP contribution in [0.4, 0.5) is 4.39 Å². The van der Waals surface area contributed by atoms with E-state index in [2.05, 4.69) is 28.7 Å². The van der Waals surface area contributed by atoms with Crippen molar-refractivity contribution in [3.05, 3.63) is 53.4 Å². The van der Waals surface area contributed by atoms with E-state index in [1.165, 1.54) is 6.07 Å². The molecular weight excluding hydrogens is 265 g/mol. The van der Waals surface area contributed by atoms with Crippen molar-refractivity contribution in [1.29, 1.82) is 0 Å². The molecule has 1 atom stereocenters. The van der Waals surface area contributed by atoms with Crippen LogP contribution in [0.15, 0.2) is 30.6 Å². The fourth-order valence-electron chi connectivity index (χ4n) is 2.68. The van der Waals surface area contributed by atoms with Crippen molar-refractivity contribution in [3.8, 4) is 0 Å². The van der Waals surface area contributed by atoms with Crippen molar-refractivity contribution in [2.45, 2.75) is 46.2 Å². The van der Waals surface area contributed by atoms with E-state index in [9.17, 15) is 4.39 Å². The molecule has 1 heterocycles. The lowest BCUT2D eigenvalue weighted by Crippen LogP contribution is -2.25. The fourth-order valence-corrected chi connectivity index (χ4v) is 2.68. The Bertz CT molecular complexity index is 577. The third-order valence-electron chi connectivity index (χ3n) is 3.72. The summed E-state index contributed by atoms with van der Waals surface area (Å²) >= 11 is 0. The third kappa shape index (κ3) is 3.91. The van der Waals surface area contributed by atoms with Gasteiger partial charge in [0, 0.05) is 31.4 Å². The molecule has 0 aliphatic heterocycles. The van der Waals surface area contributed by atoms with Crippen LogP contribution >= 0.6 is 0 Å². The SMILES string of the molecule is CCCn1ccnc1CC(NCC)c1cc(F)ccc1C. The summed E-state index contributed by atoms with van der Waals surface area (Å²) in [5.41, 5.74) is 2.12. The van der Waals surface area contributed by atoms with Gasteiger partial charge in [0.2, 0.25) is 0 Å². The van der Waals surface area contributed by atoms with Gasteiger partial charge in [-0.1, -0.05) is 19.9 Å². The Hall–Kier alpha value is -1.68. The van der Waals surface area contributed by atoms with Crippen molar-refractivity contribution in [1.82, 2.24) is 14.9 Å². The van der Waals surface area contributed by atoms with Gasteiger partial charge >= 0.3 is 0 Å². The highest BCUT2D eigenvalue weighted by molar-refractivity contribution is 5.30. The largest absolute Gasteiger partial charge is 0.335 e. The van der Waals surface area contributed by atoms with Crippen LogP contribution in [0.1, 0.15) is 43.3 Å². The normalized spacial score (nSPS) is 12.6. The van der Waals surface area contributed by atoms with Gasteiger partial charge in [0.1, 0.15) is 11.6 Å². The molecule has 0 fully saturated rings. The van der Waals surface area contributed by atoms with Crippen LogP contribution in [0.5, 0.6) is 0 Å². The number of rotatable bonds is 7. The Morgan fingerprint density at radius 3 is 2.86 bits per heavy atom. The summed E-state index contributed by atoms with van der Waals surface area (Å²) in [5, 5.41) is 3.45. The quantitative estimate of drug-likeness (QED) is 0.843. The first-order valence-corrected chi connectivity index (χ1v) is 7.65. The maximum atomic E-state index is 13.6. The maximum Gasteiger partial charge on any atom is 0.123 e. The summed E-state index contributed by atoms with van der Waals surface area (Å²) in [7, 11) is 0. The van der Waals surface area contributed by atoms with Crippen LogP contribution in [0.3, 0.4) is 0 Å². The van der Waals surface area contributed by atoms with Crippen LogP contribution in [-0.2, 0) is 13.0 Å². The zero-order chi connectivity index (χ0) is 15.2. The number of likely N-dealkylation sites (N-methyl/N-ethyl adjacent to an activating group) is 1. The highest BCUT2D eigenvalue weighted by Crippen LogP contribution is 2.22. The van der Waals surface area contributed by atoms with Crippen LogP contribution in [0, 0.1) is 12.7 Å². The van der Waals surface area contributed by atoms with Crippen molar-refractivity contribution in [3.63, 3.8) is 0 Å². The van der Waals surface area contributed by atoms with Gasteiger partial charge in [-0.3, -0.25) is 0 Å². The minimum Gasteiger partial charge on any atom is -0.335 e. The van der Waals surface area contributed by atoms with Gasteiger partial charge in [-0.2, -0.15) is 0 Å². The first-order valence-electron chi connectivity index (χ1n) is 7.65. The molecule has 2 rings (SSSR count). The van der Waals surface area contributed by atoms with Gasteiger partial charge < -0.3 is 9.88 Å². The second-order valence-corrected chi connectivity index (χ2v) is 5.35. The van der Waals surface area contributed by atoms with Crippen molar-refractivity contribution >= 4 is 0 Å². The van der Waals surface area contributed by atoms with Crippen LogP contribution in [0.25, 0.3) is 0 Å². The molecule has 4 heteroatoms. The van der Waals surface area contributed by atoms with E-state index < -0.39 is 0 Å². The van der Waals surface area contributed by atoms with E-state index >= 15 is 0 Å². The average Bonchev–Trinajstić information content (AvgIpc) is 2.89. The summed E-state index contributed by atoms with van der Waals surface area (Å²) in [5.74, 6) is 0.863. The monoisotopic (exact) mass is 289 g/mol. The summed E-state index contributed by atoms with van der Waals surface area (Å²) in [6.45, 7) is 8.06. The van der Waals surface area contributed by atoms with Crippen molar-refractivity contribution in [2.75, 3.05) is 6.54 Å². The van der Waals surface area contributed by atoms with Crippen LogP contribution in [-0.4, -0.2) is 16.1 Å². The molecule has 0 bridgehead atoms. The number of imidazole rings is 1. The summed E-state index contributed by atoms with van der Waals surface area (Å²) in [6.07, 6.45) is 5.70. The topological polar surface area (TPSA) is 29.9 Å². The molecule has 0 amide bonds. The molecule has 1 N–H and O–H groups in total. The van der Waals surface area contributed by atoms with E-state index in [-0.39, 0.29) is 11.9 Å². The molecule has 2 aromatic rings. The first kappa shape index (κ1) is 15.7. The minimum atomic E-state index is -0.185. The predicted molar refractivity (Wildman–Crippen MR) is 83.8 cm³/mol. The van der Waals surface area contributed by atoms with Gasteiger partial charge in [-0.15, -0.1) is 0 Å². The molecule has 0 spiro atoms. The number of aromatic nitrogens is 2. The molecule has 0 saturated heterocycles. The standard InChI is InChI=1S/C17H24FN3/c1-4-9-21-10-8-20-17(21)12-16(19-5-2)15-11-14(18)7-6-13(15)3/h6-8,10-11,16,19H,4-5,9,12H2,1-3H3. The number of halogens is 1. The van der Waals surface area contributed by atoms with Crippen LogP contribution < -0.4 is 5.32 Å². The average molecular weight is 289 g/mol. The number of aryl methyl sites for hydroxylation is 2. The third-order valence-corrected chi connectivity index (χ3v) is 3.72. The van der Waals surface area contributed by atoms with Gasteiger partial charge in [0.25, 0.3) is 0 Å². The van der Waals surface area contributed by atoms with Crippen LogP contribution in [0.2, 0.25) is 0 Å². The number of benzene rings is 1. The Morgan fingerprint density at radius 1 is 1.33 bits per heavy atom. The molecule has 1 aromatic carbocycles. The molecule has 3 nitrogen and oxygen atoms in total. The smallest absolute Gasteiger partial charge is 0.123 e. The summed E-state index contributed by atoms with van der Waals surface area (Å²) < 4.78 is 15.8. The maximum absolute atomic E-state index is 13.6. The highest BCUT2D eigenvalue weighted by atomic mass is 19.1. The zero-order valence-corrected chi connectivity index (χ0v) is 13.1. The summed E-state index contributed by atoms with van der Waals surface area (Å²) in [4.78, 5) is 4.46. The fraction of sp³-hybridized carbons (Fsp3) is 0.471. The highest BCUT2D eigenvalue weighted by Gasteiger charge is 2.17. The second-order valence-electron chi connectivity index (χ2n) is 5.35. The zero-order valence-electron chi connectivity index (χ0n) is 13.1. The van der Waals surface area contributed by atoms with E-state index in [1.807, 2.05) is 25.4 Å². The van der Waals surface area contributed by atoms with Gasteiger partial charge in [-0.05, 0) is 43.1 Å². The lowest BCUT2D eigenvalue weighted by molar-refractivity contribution is 0.510. The molecule has 1 aromatic heterocycles. The Morgan fingerprint density at radius 2 is 2.14 bits per heavy atom. The minimum absolute atomic E-state index is 0.0868. The Kier molecular flexibility index (Phi) is 5.51. The molecule has 21 heavy (non-hydrogen) atoms. The second kappa shape index (κ2) is 7.36. The molecular formula is C17H24FN3. The molecule has 0 aliphatic rings. The van der Waals surface area contributed by atoms with Crippen molar-refractivity contribution < 1.29 is 4.39 Å². The van der Waals surface area contributed by atoms with Crippen molar-refractivity contribution in [2.24, 2.45) is 0 Å². The number of nitrogens with zero attached hydrogens (tertiary/aromatic N) is 2. The first-order chi connectivity index (χ1) is 10.2. The van der Waals surface area contributed by atoms with Gasteiger partial charge in [0.05, 0.1) is 0 Å². The molecule has 114 valence electrons. The van der Waals surface area contributed by atoms with E-state index in [0.29, 0.717) is 0 Å². The lowest BCUT2D eigenvalue weighted by atomic mass is 9.98.